The average molecular weight is 439 g/mol. The van der Waals surface area contributed by atoms with Gasteiger partial charge in [0.05, 0.1) is 0 Å². The largest absolute Gasteiger partial charge is 0.480 e. The Hall–Kier alpha value is -3.35. The van der Waals surface area contributed by atoms with Crippen LogP contribution in [0.25, 0.3) is 11.1 Å². The summed E-state index contributed by atoms with van der Waals surface area (Å²) in [6, 6.07) is 14.7. The highest BCUT2D eigenvalue weighted by Gasteiger charge is 2.29. The van der Waals surface area contributed by atoms with Gasteiger partial charge < -0.3 is 20.5 Å². The molecule has 0 saturated heterocycles. The lowest BCUT2D eigenvalue weighted by Gasteiger charge is -2.21. The Morgan fingerprint density at radius 2 is 1.53 bits per heavy atom. The molecule has 0 saturated carbocycles. The van der Waals surface area contributed by atoms with E-state index in [2.05, 4.69) is 22.8 Å². The van der Waals surface area contributed by atoms with Gasteiger partial charge in [-0.3, -0.25) is 4.79 Å². The minimum atomic E-state index is -1.06. The van der Waals surface area contributed by atoms with E-state index in [0.717, 1.165) is 22.3 Å². The molecule has 1 aliphatic carbocycles. The van der Waals surface area contributed by atoms with Crippen LogP contribution >= 0.6 is 0 Å². The maximum absolute atomic E-state index is 12.3. The number of benzene rings is 2. The monoisotopic (exact) mass is 438 g/mol. The molecular weight excluding hydrogens is 408 g/mol. The van der Waals surface area contributed by atoms with Gasteiger partial charge in [-0.2, -0.15) is 0 Å². The van der Waals surface area contributed by atoms with Crippen molar-refractivity contribution in [1.82, 2.24) is 10.6 Å². The van der Waals surface area contributed by atoms with Crippen LogP contribution in [0.2, 0.25) is 0 Å². The summed E-state index contributed by atoms with van der Waals surface area (Å²) in [6.45, 7) is 5.51. The molecule has 32 heavy (non-hydrogen) atoms. The van der Waals surface area contributed by atoms with Crippen LogP contribution in [0.15, 0.2) is 48.5 Å². The van der Waals surface area contributed by atoms with Gasteiger partial charge in [0, 0.05) is 18.4 Å². The number of carboxylic acids is 1. The number of aliphatic carboxylic acids is 1. The van der Waals surface area contributed by atoms with E-state index in [9.17, 15) is 19.5 Å². The molecule has 3 rings (SSSR count). The van der Waals surface area contributed by atoms with Crippen molar-refractivity contribution in [2.24, 2.45) is 5.92 Å². The van der Waals surface area contributed by atoms with Gasteiger partial charge in [-0.1, -0.05) is 68.8 Å². The van der Waals surface area contributed by atoms with E-state index in [4.69, 9.17) is 4.74 Å². The van der Waals surface area contributed by atoms with Gasteiger partial charge >= 0.3 is 12.1 Å². The topological polar surface area (TPSA) is 105 Å². The lowest BCUT2D eigenvalue weighted by molar-refractivity contribution is -0.143. The smallest absolute Gasteiger partial charge is 0.407 e. The van der Waals surface area contributed by atoms with Gasteiger partial charge in [-0.05, 0) is 35.1 Å². The Labute approximate surface area is 188 Å². The summed E-state index contributed by atoms with van der Waals surface area (Å²) in [5.74, 6) is -1.73. The Balaban J connectivity index is 1.53. The van der Waals surface area contributed by atoms with E-state index >= 15 is 0 Å². The number of hydrogen-bond acceptors (Lipinski definition) is 4. The van der Waals surface area contributed by atoms with E-state index in [1.54, 1.807) is 13.8 Å². The van der Waals surface area contributed by atoms with E-state index in [1.807, 2.05) is 43.3 Å². The first-order chi connectivity index (χ1) is 15.3. The molecule has 3 atom stereocenters. The molecule has 0 fully saturated rings. The van der Waals surface area contributed by atoms with Crippen molar-refractivity contribution in [2.75, 3.05) is 6.61 Å². The van der Waals surface area contributed by atoms with Crippen molar-refractivity contribution in [1.29, 1.82) is 0 Å². The van der Waals surface area contributed by atoms with Crippen molar-refractivity contribution in [3.63, 3.8) is 0 Å². The minimum Gasteiger partial charge on any atom is -0.480 e. The molecule has 1 aliphatic rings. The van der Waals surface area contributed by atoms with Crippen LogP contribution in [0.4, 0.5) is 4.79 Å². The SMILES string of the molecule is CC[C@H](C)[C@H](NC(=O)C[C@@H](C)NC(=O)OCC1c2ccccc2-c2ccccc21)C(=O)O. The molecule has 0 aliphatic heterocycles. The first kappa shape index (κ1) is 23.3. The normalized spacial score (nSPS) is 15.1. The molecule has 2 aromatic rings. The fourth-order valence-electron chi connectivity index (χ4n) is 4.09. The maximum Gasteiger partial charge on any atom is 0.407 e. The number of carbonyl (C=O) groups is 3. The number of hydrogen-bond donors (Lipinski definition) is 3. The van der Waals surface area contributed by atoms with Crippen molar-refractivity contribution in [3.8, 4) is 11.1 Å². The Kier molecular flexibility index (Phi) is 7.51. The molecule has 0 radical (unpaired) electrons. The number of nitrogens with one attached hydrogen (secondary N) is 2. The highest BCUT2D eigenvalue weighted by Crippen LogP contribution is 2.44. The summed E-state index contributed by atoms with van der Waals surface area (Å²) in [6.07, 6.45) is -0.0151. The second-order valence-corrected chi connectivity index (χ2v) is 8.34. The van der Waals surface area contributed by atoms with Gasteiger partial charge in [-0.25, -0.2) is 9.59 Å². The first-order valence-corrected chi connectivity index (χ1v) is 11.0. The molecule has 0 spiro atoms. The zero-order valence-corrected chi connectivity index (χ0v) is 18.6. The van der Waals surface area contributed by atoms with Gasteiger partial charge in [0.1, 0.15) is 12.6 Å². The Morgan fingerprint density at radius 1 is 0.969 bits per heavy atom. The summed E-state index contributed by atoms with van der Waals surface area (Å²) >= 11 is 0. The number of carbonyl (C=O) groups excluding carboxylic acids is 2. The van der Waals surface area contributed by atoms with Crippen LogP contribution in [0, 0.1) is 5.92 Å². The molecule has 0 unspecified atom stereocenters. The summed E-state index contributed by atoms with van der Waals surface area (Å²) in [5.41, 5.74) is 4.55. The Bertz CT molecular complexity index is 944. The molecule has 0 aromatic heterocycles. The highest BCUT2D eigenvalue weighted by molar-refractivity contribution is 5.84. The summed E-state index contributed by atoms with van der Waals surface area (Å²) in [4.78, 5) is 36.0. The minimum absolute atomic E-state index is 0.0373. The highest BCUT2D eigenvalue weighted by atomic mass is 16.5. The number of fused-ring (bicyclic) bond motifs is 3. The summed E-state index contributed by atoms with van der Waals surface area (Å²) < 4.78 is 5.49. The molecule has 7 heteroatoms. The number of amides is 2. The second-order valence-electron chi connectivity index (χ2n) is 8.34. The number of carboxylic acid groups (broad SMARTS) is 1. The third-order valence-electron chi connectivity index (χ3n) is 6.00. The lowest BCUT2D eigenvalue weighted by atomic mass is 9.98. The third-order valence-corrected chi connectivity index (χ3v) is 6.00. The molecule has 7 nitrogen and oxygen atoms in total. The van der Waals surface area contributed by atoms with E-state index in [0.29, 0.717) is 6.42 Å². The van der Waals surface area contributed by atoms with Crippen LogP contribution < -0.4 is 10.6 Å². The van der Waals surface area contributed by atoms with E-state index in [-0.39, 0.29) is 24.9 Å². The lowest BCUT2D eigenvalue weighted by Crippen LogP contribution is -2.47. The van der Waals surface area contributed by atoms with Crippen molar-refractivity contribution in [2.45, 2.75) is 51.6 Å². The predicted octanol–water partition coefficient (Wildman–Crippen LogP) is 3.92. The molecule has 3 N–H and O–H groups in total. The van der Waals surface area contributed by atoms with Gasteiger partial charge in [0.25, 0.3) is 0 Å². The standard InChI is InChI=1S/C25H30N2O5/c1-4-15(2)23(24(29)30)27-22(28)13-16(3)26-25(31)32-14-21-19-11-7-5-9-17(19)18-10-6-8-12-20(18)21/h5-12,15-16,21,23H,4,13-14H2,1-3H3,(H,26,31)(H,27,28)(H,29,30)/t15-,16+,23-/m0/s1. The second kappa shape index (κ2) is 10.3. The molecule has 2 amide bonds. The molecule has 2 aromatic carbocycles. The van der Waals surface area contributed by atoms with Gasteiger partial charge in [0.2, 0.25) is 5.91 Å². The fraction of sp³-hybridized carbons (Fsp3) is 0.400. The zero-order valence-electron chi connectivity index (χ0n) is 18.6. The summed E-state index contributed by atoms with van der Waals surface area (Å²) in [7, 11) is 0. The maximum atomic E-state index is 12.3. The average Bonchev–Trinajstić information content (AvgIpc) is 3.09. The predicted molar refractivity (Wildman–Crippen MR) is 121 cm³/mol. The molecule has 0 heterocycles. The quantitative estimate of drug-likeness (QED) is 0.550. The Morgan fingerprint density at radius 3 is 2.06 bits per heavy atom. The fourth-order valence-corrected chi connectivity index (χ4v) is 4.09. The van der Waals surface area contributed by atoms with Gasteiger partial charge in [-0.15, -0.1) is 0 Å². The zero-order chi connectivity index (χ0) is 23.3. The van der Waals surface area contributed by atoms with E-state index < -0.39 is 30.1 Å². The van der Waals surface area contributed by atoms with Crippen molar-refractivity contribution in [3.05, 3.63) is 59.7 Å². The first-order valence-electron chi connectivity index (χ1n) is 11.0. The molecular formula is C25H30N2O5. The number of alkyl carbamates (subject to hydrolysis) is 1. The number of rotatable bonds is 9. The van der Waals surface area contributed by atoms with Crippen LogP contribution in [0.3, 0.4) is 0 Å². The molecule has 170 valence electrons. The van der Waals surface area contributed by atoms with E-state index in [1.165, 1.54) is 0 Å². The van der Waals surface area contributed by atoms with Crippen LogP contribution in [-0.2, 0) is 14.3 Å². The van der Waals surface area contributed by atoms with Crippen LogP contribution in [-0.4, -0.2) is 41.8 Å². The van der Waals surface area contributed by atoms with Crippen LogP contribution in [0.5, 0.6) is 0 Å². The third kappa shape index (κ3) is 5.28. The van der Waals surface area contributed by atoms with Crippen LogP contribution in [0.1, 0.15) is 50.7 Å². The summed E-state index contributed by atoms with van der Waals surface area (Å²) in [5, 5.41) is 14.5. The van der Waals surface area contributed by atoms with Crippen molar-refractivity contribution >= 4 is 18.0 Å². The van der Waals surface area contributed by atoms with Crippen molar-refractivity contribution < 1.29 is 24.2 Å². The van der Waals surface area contributed by atoms with Gasteiger partial charge in [0.15, 0.2) is 0 Å². The number of ether oxygens (including phenoxy) is 1. The molecule has 0 bridgehead atoms.